The number of hydrogen-bond donors (Lipinski definition) is 0. The average molecular weight is 196 g/mol. The van der Waals surface area contributed by atoms with Crippen LogP contribution in [-0.2, 0) is 4.74 Å². The van der Waals surface area contributed by atoms with Crippen LogP contribution in [0, 0.1) is 0 Å². The van der Waals surface area contributed by atoms with E-state index in [0.717, 1.165) is 11.5 Å². The second-order valence-electron chi connectivity index (χ2n) is 2.95. The normalized spacial score (nSPS) is 18.5. The molecule has 0 aromatic heterocycles. The Morgan fingerprint density at radius 2 is 2.07 bits per heavy atom. The monoisotopic (exact) mass is 196 g/mol. The summed E-state index contributed by atoms with van der Waals surface area (Å²) in [7, 11) is 1.66. The van der Waals surface area contributed by atoms with E-state index in [1.165, 1.54) is 0 Å². The molecule has 0 spiro atoms. The fourth-order valence-electron chi connectivity index (χ4n) is 1.33. The van der Waals surface area contributed by atoms with Crippen LogP contribution in [0.4, 0.5) is 0 Å². The molecule has 1 aliphatic heterocycles. The number of hydrogen-bond acceptors (Lipinski definition) is 3. The van der Waals surface area contributed by atoms with Gasteiger partial charge in [0.25, 0.3) is 0 Å². The second-order valence-corrected chi connectivity index (χ2v) is 2.95. The van der Waals surface area contributed by atoms with Gasteiger partial charge < -0.3 is 14.2 Å². The molecule has 2 rings (SSSR count). The van der Waals surface area contributed by atoms with E-state index in [4.69, 9.17) is 14.2 Å². The summed E-state index contributed by atoms with van der Waals surface area (Å²) in [6.45, 7) is 1.12. The number of fused-ring (bicyclic) bond motifs is 1. The van der Waals surface area contributed by atoms with Crippen molar-refractivity contribution < 1.29 is 14.2 Å². The maximum Gasteiger partial charge on any atom is 0.161 e. The number of para-hydroxylation sites is 2. The third kappa shape index (κ3) is 2.17. The Morgan fingerprint density at radius 1 is 1.36 bits per heavy atom. The summed E-state index contributed by atoms with van der Waals surface area (Å²) in [6, 6.07) is 7.66. The van der Waals surface area contributed by atoms with Crippen molar-refractivity contribution in [2.75, 3.05) is 20.3 Å². The predicted octanol–water partition coefficient (Wildman–Crippen LogP) is 2.11. The van der Waals surface area contributed by atoms with Gasteiger partial charge in [0.2, 0.25) is 0 Å². The zero-order valence-corrected chi connectivity index (χ0v) is 7.53. The first kappa shape index (κ1) is 10.9. The van der Waals surface area contributed by atoms with Crippen molar-refractivity contribution in [3.05, 3.63) is 24.3 Å². The molecular formula is C11H16O3. The van der Waals surface area contributed by atoms with Crippen LogP contribution in [0.1, 0.15) is 7.43 Å². The Hall–Kier alpha value is -1.22. The van der Waals surface area contributed by atoms with Gasteiger partial charge in [-0.15, -0.1) is 0 Å². The standard InChI is InChI=1S/C10H12O3.CH4/c1-11-6-8-7-12-9-4-2-3-5-10(9)13-8;/h2-5,8H,6-7H2,1H3;1H4/t8-;/m1./s1. The van der Waals surface area contributed by atoms with Crippen molar-refractivity contribution in [1.82, 2.24) is 0 Å². The highest BCUT2D eigenvalue weighted by atomic mass is 16.6. The van der Waals surface area contributed by atoms with Crippen molar-refractivity contribution >= 4 is 0 Å². The van der Waals surface area contributed by atoms with Crippen LogP contribution in [0.5, 0.6) is 11.5 Å². The van der Waals surface area contributed by atoms with Crippen LogP contribution in [0.2, 0.25) is 0 Å². The van der Waals surface area contributed by atoms with Crippen LogP contribution in [-0.4, -0.2) is 26.4 Å². The number of benzene rings is 1. The molecule has 0 aliphatic carbocycles. The Bertz CT molecular complexity index is 286. The van der Waals surface area contributed by atoms with E-state index in [0.29, 0.717) is 13.2 Å². The lowest BCUT2D eigenvalue weighted by Gasteiger charge is -2.25. The minimum Gasteiger partial charge on any atom is -0.486 e. The van der Waals surface area contributed by atoms with Crippen molar-refractivity contribution in [3.63, 3.8) is 0 Å². The molecule has 1 aliphatic rings. The zero-order chi connectivity index (χ0) is 9.10. The summed E-state index contributed by atoms with van der Waals surface area (Å²) in [5.74, 6) is 1.62. The summed E-state index contributed by atoms with van der Waals surface area (Å²) in [5.41, 5.74) is 0. The van der Waals surface area contributed by atoms with E-state index in [2.05, 4.69) is 0 Å². The molecule has 0 N–H and O–H groups in total. The van der Waals surface area contributed by atoms with E-state index in [1.807, 2.05) is 24.3 Å². The molecule has 3 nitrogen and oxygen atoms in total. The summed E-state index contributed by atoms with van der Waals surface area (Å²) in [6.07, 6.45) is 0.0138. The number of ether oxygens (including phenoxy) is 3. The van der Waals surface area contributed by atoms with Gasteiger partial charge in [0.1, 0.15) is 6.61 Å². The maximum atomic E-state index is 5.62. The minimum atomic E-state index is 0. The largest absolute Gasteiger partial charge is 0.486 e. The summed E-state index contributed by atoms with van der Waals surface area (Å²) < 4.78 is 16.1. The Morgan fingerprint density at radius 3 is 2.79 bits per heavy atom. The van der Waals surface area contributed by atoms with Gasteiger partial charge in [0.05, 0.1) is 6.61 Å². The van der Waals surface area contributed by atoms with Crippen molar-refractivity contribution in [2.24, 2.45) is 0 Å². The highest BCUT2D eigenvalue weighted by Gasteiger charge is 2.19. The average Bonchev–Trinajstić information content (AvgIpc) is 2.18. The van der Waals surface area contributed by atoms with Crippen LogP contribution >= 0.6 is 0 Å². The molecule has 0 amide bonds. The fourth-order valence-corrected chi connectivity index (χ4v) is 1.33. The second kappa shape index (κ2) is 4.86. The Kier molecular flexibility index (Phi) is 3.77. The molecule has 1 aromatic rings. The van der Waals surface area contributed by atoms with E-state index in [1.54, 1.807) is 7.11 Å². The zero-order valence-electron chi connectivity index (χ0n) is 7.53. The number of methoxy groups -OCH3 is 1. The third-order valence-corrected chi connectivity index (χ3v) is 1.92. The van der Waals surface area contributed by atoms with Gasteiger partial charge >= 0.3 is 0 Å². The lowest BCUT2D eigenvalue weighted by atomic mass is 10.3. The van der Waals surface area contributed by atoms with E-state index < -0.39 is 0 Å². The van der Waals surface area contributed by atoms with E-state index in [-0.39, 0.29) is 13.5 Å². The molecule has 0 bridgehead atoms. The number of rotatable bonds is 2. The molecule has 14 heavy (non-hydrogen) atoms. The van der Waals surface area contributed by atoms with Gasteiger partial charge in [-0.1, -0.05) is 19.6 Å². The van der Waals surface area contributed by atoms with Gasteiger partial charge in [-0.2, -0.15) is 0 Å². The first-order valence-electron chi connectivity index (χ1n) is 4.27. The SMILES string of the molecule is C.COC[C@@H]1COc2ccccc2O1. The lowest BCUT2D eigenvalue weighted by Crippen LogP contribution is -2.32. The van der Waals surface area contributed by atoms with E-state index >= 15 is 0 Å². The quantitative estimate of drug-likeness (QED) is 0.725. The summed E-state index contributed by atoms with van der Waals surface area (Å²) in [5, 5.41) is 0. The van der Waals surface area contributed by atoms with Gasteiger partial charge in [-0.05, 0) is 12.1 Å². The summed E-state index contributed by atoms with van der Waals surface area (Å²) in [4.78, 5) is 0. The minimum absolute atomic E-state index is 0. The third-order valence-electron chi connectivity index (χ3n) is 1.92. The molecule has 0 unspecified atom stereocenters. The highest BCUT2D eigenvalue weighted by Crippen LogP contribution is 2.30. The molecule has 0 radical (unpaired) electrons. The predicted molar refractivity (Wildman–Crippen MR) is 55.0 cm³/mol. The fraction of sp³-hybridized carbons (Fsp3) is 0.455. The van der Waals surface area contributed by atoms with Crippen LogP contribution in [0.3, 0.4) is 0 Å². The smallest absolute Gasteiger partial charge is 0.161 e. The van der Waals surface area contributed by atoms with E-state index in [9.17, 15) is 0 Å². The first-order chi connectivity index (χ1) is 6.40. The van der Waals surface area contributed by atoms with Gasteiger partial charge in [-0.25, -0.2) is 0 Å². The van der Waals surface area contributed by atoms with Crippen LogP contribution < -0.4 is 9.47 Å². The van der Waals surface area contributed by atoms with Gasteiger partial charge in [-0.3, -0.25) is 0 Å². The molecule has 3 heteroatoms. The van der Waals surface area contributed by atoms with Gasteiger partial charge in [0.15, 0.2) is 17.6 Å². The highest BCUT2D eigenvalue weighted by molar-refractivity contribution is 5.40. The Balaban J connectivity index is 0.000000980. The van der Waals surface area contributed by atoms with Crippen molar-refractivity contribution in [3.8, 4) is 11.5 Å². The molecule has 1 atom stereocenters. The molecular weight excluding hydrogens is 180 g/mol. The van der Waals surface area contributed by atoms with Crippen molar-refractivity contribution in [2.45, 2.75) is 13.5 Å². The van der Waals surface area contributed by atoms with Crippen LogP contribution in [0.25, 0.3) is 0 Å². The molecule has 0 fully saturated rings. The maximum absolute atomic E-state index is 5.62. The molecule has 1 heterocycles. The molecule has 78 valence electrons. The molecule has 0 saturated carbocycles. The first-order valence-corrected chi connectivity index (χ1v) is 4.27. The topological polar surface area (TPSA) is 27.7 Å². The lowest BCUT2D eigenvalue weighted by molar-refractivity contribution is 0.0272. The summed E-state index contributed by atoms with van der Waals surface area (Å²) >= 11 is 0. The van der Waals surface area contributed by atoms with Crippen molar-refractivity contribution in [1.29, 1.82) is 0 Å². The molecule has 1 aromatic carbocycles. The Labute approximate surface area is 84.6 Å². The van der Waals surface area contributed by atoms with Crippen LogP contribution in [0.15, 0.2) is 24.3 Å². The molecule has 0 saturated heterocycles. The van der Waals surface area contributed by atoms with Gasteiger partial charge in [0, 0.05) is 7.11 Å².